The molecule has 0 spiro atoms. The Morgan fingerprint density at radius 2 is 2.00 bits per heavy atom. The molecule has 0 radical (unpaired) electrons. The summed E-state index contributed by atoms with van der Waals surface area (Å²) >= 11 is 0. The van der Waals surface area contributed by atoms with Crippen molar-refractivity contribution >= 4 is 5.57 Å². The second-order valence-corrected chi connectivity index (χ2v) is 3.04. The number of hydrogen-bond donors (Lipinski definition) is 0. The summed E-state index contributed by atoms with van der Waals surface area (Å²) in [6.45, 7) is 4.04. The van der Waals surface area contributed by atoms with E-state index in [2.05, 4.69) is 23.7 Å². The first-order valence-corrected chi connectivity index (χ1v) is 4.33. The van der Waals surface area contributed by atoms with Gasteiger partial charge in [-0.25, -0.2) is 0 Å². The molecule has 13 heavy (non-hydrogen) atoms. The summed E-state index contributed by atoms with van der Waals surface area (Å²) in [6, 6.07) is 5.88. The molecule has 0 saturated heterocycles. The molecule has 0 atom stereocenters. The standard InChI is InChI=1S/C12H11N/c1-10(11-6-2-3-7-11)12-8-4-5-9-13-12/h2-9,11H,1H2. The zero-order chi connectivity index (χ0) is 9.10. The van der Waals surface area contributed by atoms with Gasteiger partial charge in [-0.2, -0.15) is 0 Å². The van der Waals surface area contributed by atoms with E-state index in [1.807, 2.05) is 30.4 Å². The van der Waals surface area contributed by atoms with Gasteiger partial charge < -0.3 is 0 Å². The van der Waals surface area contributed by atoms with Crippen molar-refractivity contribution in [3.63, 3.8) is 0 Å². The normalized spacial score (nSPS) is 15.1. The second-order valence-electron chi connectivity index (χ2n) is 3.04. The smallest absolute Gasteiger partial charge is 0.0664 e. The van der Waals surface area contributed by atoms with Crippen molar-refractivity contribution in [2.45, 2.75) is 0 Å². The fraction of sp³-hybridized carbons (Fsp3) is 0.0833. The molecule has 1 heteroatoms. The van der Waals surface area contributed by atoms with Gasteiger partial charge in [-0.1, -0.05) is 36.9 Å². The quantitative estimate of drug-likeness (QED) is 0.663. The first-order valence-electron chi connectivity index (χ1n) is 4.33. The van der Waals surface area contributed by atoms with Crippen LogP contribution in [0.4, 0.5) is 0 Å². The molecular weight excluding hydrogens is 158 g/mol. The minimum Gasteiger partial charge on any atom is -0.257 e. The van der Waals surface area contributed by atoms with E-state index in [0.29, 0.717) is 5.92 Å². The highest BCUT2D eigenvalue weighted by Gasteiger charge is 2.10. The summed E-state index contributed by atoms with van der Waals surface area (Å²) in [5, 5.41) is 0. The van der Waals surface area contributed by atoms with Crippen LogP contribution < -0.4 is 0 Å². The van der Waals surface area contributed by atoms with Crippen LogP contribution in [-0.4, -0.2) is 4.98 Å². The molecule has 0 amide bonds. The summed E-state index contributed by atoms with van der Waals surface area (Å²) < 4.78 is 0. The van der Waals surface area contributed by atoms with E-state index in [9.17, 15) is 0 Å². The molecule has 0 N–H and O–H groups in total. The van der Waals surface area contributed by atoms with Crippen molar-refractivity contribution in [3.8, 4) is 0 Å². The van der Waals surface area contributed by atoms with Gasteiger partial charge in [0, 0.05) is 12.1 Å². The third-order valence-electron chi connectivity index (χ3n) is 2.14. The number of nitrogens with zero attached hydrogens (tertiary/aromatic N) is 1. The van der Waals surface area contributed by atoms with Crippen molar-refractivity contribution < 1.29 is 0 Å². The van der Waals surface area contributed by atoms with Gasteiger partial charge in [0.25, 0.3) is 0 Å². The molecule has 0 aliphatic heterocycles. The molecule has 64 valence electrons. The molecule has 1 aromatic heterocycles. The van der Waals surface area contributed by atoms with Crippen LogP contribution in [0.15, 0.2) is 55.3 Å². The number of rotatable bonds is 2. The van der Waals surface area contributed by atoms with Gasteiger partial charge in [0.15, 0.2) is 0 Å². The first-order chi connectivity index (χ1) is 6.38. The zero-order valence-corrected chi connectivity index (χ0v) is 7.35. The van der Waals surface area contributed by atoms with Gasteiger partial charge >= 0.3 is 0 Å². The molecule has 1 aromatic rings. The van der Waals surface area contributed by atoms with Crippen LogP contribution in [0.1, 0.15) is 5.69 Å². The van der Waals surface area contributed by atoms with E-state index >= 15 is 0 Å². The van der Waals surface area contributed by atoms with Crippen LogP contribution in [-0.2, 0) is 0 Å². The Morgan fingerprint density at radius 3 is 2.62 bits per heavy atom. The second kappa shape index (κ2) is 3.40. The Balaban J connectivity index is 2.23. The Hall–Kier alpha value is -1.63. The molecule has 0 saturated carbocycles. The van der Waals surface area contributed by atoms with Crippen molar-refractivity contribution in [1.82, 2.24) is 4.98 Å². The van der Waals surface area contributed by atoms with Crippen LogP contribution in [0.5, 0.6) is 0 Å². The number of hydrogen-bond acceptors (Lipinski definition) is 1. The third kappa shape index (κ3) is 1.59. The van der Waals surface area contributed by atoms with Crippen molar-refractivity contribution in [2.75, 3.05) is 0 Å². The lowest BCUT2D eigenvalue weighted by Gasteiger charge is -2.08. The number of pyridine rings is 1. The van der Waals surface area contributed by atoms with E-state index in [1.54, 1.807) is 6.20 Å². The first kappa shape index (κ1) is 7.99. The third-order valence-corrected chi connectivity index (χ3v) is 2.14. The summed E-state index contributed by atoms with van der Waals surface area (Å²) in [4.78, 5) is 4.26. The molecule has 0 bridgehead atoms. The zero-order valence-electron chi connectivity index (χ0n) is 7.35. The van der Waals surface area contributed by atoms with Gasteiger partial charge in [0.1, 0.15) is 0 Å². The Kier molecular flexibility index (Phi) is 2.09. The molecule has 1 heterocycles. The Morgan fingerprint density at radius 1 is 1.23 bits per heavy atom. The van der Waals surface area contributed by atoms with E-state index in [4.69, 9.17) is 0 Å². The molecular formula is C12H11N. The van der Waals surface area contributed by atoms with Gasteiger partial charge in [0.2, 0.25) is 0 Å². The molecule has 1 nitrogen and oxygen atoms in total. The maximum atomic E-state index is 4.26. The van der Waals surface area contributed by atoms with E-state index < -0.39 is 0 Å². The summed E-state index contributed by atoms with van der Waals surface area (Å²) in [7, 11) is 0. The lowest BCUT2D eigenvalue weighted by molar-refractivity contribution is 1.09. The number of allylic oxidation sites excluding steroid dienone is 5. The topological polar surface area (TPSA) is 12.9 Å². The van der Waals surface area contributed by atoms with Crippen LogP contribution in [0.3, 0.4) is 0 Å². The monoisotopic (exact) mass is 169 g/mol. The number of aromatic nitrogens is 1. The molecule has 1 aliphatic carbocycles. The van der Waals surface area contributed by atoms with Gasteiger partial charge in [-0.3, -0.25) is 4.98 Å². The summed E-state index contributed by atoms with van der Waals surface area (Å²) in [6.07, 6.45) is 10.1. The predicted octanol–water partition coefficient (Wildman–Crippen LogP) is 2.84. The minimum absolute atomic E-state index is 0.329. The summed E-state index contributed by atoms with van der Waals surface area (Å²) in [5.74, 6) is 0.329. The Labute approximate surface area is 78.1 Å². The molecule has 0 fully saturated rings. The highest BCUT2D eigenvalue weighted by atomic mass is 14.7. The van der Waals surface area contributed by atoms with Gasteiger partial charge in [-0.15, -0.1) is 0 Å². The van der Waals surface area contributed by atoms with Crippen molar-refractivity contribution in [1.29, 1.82) is 0 Å². The van der Waals surface area contributed by atoms with Crippen LogP contribution >= 0.6 is 0 Å². The molecule has 1 aliphatic rings. The SMILES string of the molecule is C=C(c1ccccn1)C1C=CC=C1. The maximum Gasteiger partial charge on any atom is 0.0664 e. The molecule has 0 aromatic carbocycles. The van der Waals surface area contributed by atoms with Crippen molar-refractivity contribution in [2.24, 2.45) is 5.92 Å². The molecule has 2 rings (SSSR count). The lowest BCUT2D eigenvalue weighted by atomic mass is 9.99. The fourth-order valence-electron chi connectivity index (χ4n) is 1.39. The predicted molar refractivity (Wildman–Crippen MR) is 55.0 cm³/mol. The largest absolute Gasteiger partial charge is 0.257 e. The van der Waals surface area contributed by atoms with Crippen LogP contribution in [0, 0.1) is 5.92 Å². The lowest BCUT2D eigenvalue weighted by Crippen LogP contribution is -1.95. The maximum absolute atomic E-state index is 4.26. The van der Waals surface area contributed by atoms with E-state index in [0.717, 1.165) is 11.3 Å². The Bertz CT molecular complexity index is 348. The van der Waals surface area contributed by atoms with Gasteiger partial charge in [0.05, 0.1) is 5.69 Å². The highest BCUT2D eigenvalue weighted by Crippen LogP contribution is 2.24. The summed E-state index contributed by atoms with van der Waals surface area (Å²) in [5.41, 5.74) is 2.04. The fourth-order valence-corrected chi connectivity index (χ4v) is 1.39. The average molecular weight is 169 g/mol. The highest BCUT2D eigenvalue weighted by molar-refractivity contribution is 5.66. The van der Waals surface area contributed by atoms with Gasteiger partial charge in [-0.05, 0) is 17.7 Å². The van der Waals surface area contributed by atoms with Crippen LogP contribution in [0.2, 0.25) is 0 Å². The molecule has 0 unspecified atom stereocenters. The van der Waals surface area contributed by atoms with E-state index in [-0.39, 0.29) is 0 Å². The van der Waals surface area contributed by atoms with Crippen LogP contribution in [0.25, 0.3) is 5.57 Å². The minimum atomic E-state index is 0.329. The van der Waals surface area contributed by atoms with E-state index in [1.165, 1.54) is 0 Å². The average Bonchev–Trinajstić information content (AvgIpc) is 2.71. The van der Waals surface area contributed by atoms with Crippen molar-refractivity contribution in [3.05, 3.63) is 61.0 Å².